The van der Waals surface area contributed by atoms with Crippen LogP contribution in [0.2, 0.25) is 0 Å². The molecule has 3 rings (SSSR count). The number of nitro groups is 1. The van der Waals surface area contributed by atoms with Gasteiger partial charge in [0.1, 0.15) is 12.4 Å². The van der Waals surface area contributed by atoms with E-state index in [1.165, 1.54) is 19.2 Å². The van der Waals surface area contributed by atoms with Crippen molar-refractivity contribution in [1.29, 1.82) is 0 Å². The molecule has 12 nitrogen and oxygen atoms in total. The van der Waals surface area contributed by atoms with E-state index in [-0.39, 0.29) is 29.1 Å². The number of rotatable bonds is 9. The molecule has 0 bridgehead atoms. The van der Waals surface area contributed by atoms with Crippen molar-refractivity contribution in [3.8, 4) is 5.75 Å². The van der Waals surface area contributed by atoms with Crippen molar-refractivity contribution < 1.29 is 33.5 Å². The fraction of sp³-hybridized carbons (Fsp3) is 0.261. The molecule has 1 unspecified atom stereocenters. The van der Waals surface area contributed by atoms with E-state index < -0.39 is 35.5 Å². The maximum atomic E-state index is 12.8. The first-order chi connectivity index (χ1) is 16.8. The molecular formula is C23H24N4O8. The van der Waals surface area contributed by atoms with Crippen molar-refractivity contribution >= 4 is 29.3 Å². The van der Waals surface area contributed by atoms with E-state index in [0.29, 0.717) is 17.0 Å². The van der Waals surface area contributed by atoms with Crippen molar-refractivity contribution in [2.24, 2.45) is 0 Å². The molecule has 0 saturated heterocycles. The minimum Gasteiger partial charge on any atom is -0.497 e. The van der Waals surface area contributed by atoms with Gasteiger partial charge in [0.25, 0.3) is 5.69 Å². The van der Waals surface area contributed by atoms with Gasteiger partial charge in [0.05, 0.1) is 41.5 Å². The highest BCUT2D eigenvalue weighted by Gasteiger charge is 2.34. The number of anilines is 1. The minimum atomic E-state index is -0.887. The van der Waals surface area contributed by atoms with Crippen molar-refractivity contribution in [1.82, 2.24) is 10.6 Å². The molecule has 0 spiro atoms. The van der Waals surface area contributed by atoms with Crippen molar-refractivity contribution in [3.05, 3.63) is 75.0 Å². The van der Waals surface area contributed by atoms with E-state index in [0.717, 1.165) is 6.07 Å². The second kappa shape index (κ2) is 11.0. The van der Waals surface area contributed by atoms with Gasteiger partial charge in [-0.3, -0.25) is 10.1 Å². The molecular weight excluding hydrogens is 460 g/mol. The number of benzene rings is 2. The highest BCUT2D eigenvalue weighted by Crippen LogP contribution is 2.30. The van der Waals surface area contributed by atoms with Gasteiger partial charge in [0, 0.05) is 24.9 Å². The number of non-ortho nitro benzene ring substituents is 1. The summed E-state index contributed by atoms with van der Waals surface area (Å²) in [6.07, 6.45) is 0. The monoisotopic (exact) mass is 484 g/mol. The van der Waals surface area contributed by atoms with Crippen LogP contribution in [-0.2, 0) is 14.3 Å². The lowest BCUT2D eigenvalue weighted by molar-refractivity contribution is -0.384. The Morgan fingerprint density at radius 2 is 1.83 bits per heavy atom. The maximum Gasteiger partial charge on any atom is 0.340 e. The number of nitrogens with one attached hydrogen (secondary N) is 3. The fourth-order valence-corrected chi connectivity index (χ4v) is 3.48. The van der Waals surface area contributed by atoms with Gasteiger partial charge in [0.15, 0.2) is 0 Å². The molecule has 1 atom stereocenters. The van der Waals surface area contributed by atoms with E-state index in [9.17, 15) is 24.5 Å². The first-order valence-corrected chi connectivity index (χ1v) is 10.5. The number of nitro benzene ring substituents is 1. The quantitative estimate of drug-likeness (QED) is 0.276. The molecule has 3 N–H and O–H groups in total. The molecule has 1 aliphatic rings. The Kier molecular flexibility index (Phi) is 7.87. The van der Waals surface area contributed by atoms with E-state index in [1.54, 1.807) is 38.2 Å². The van der Waals surface area contributed by atoms with Crippen molar-refractivity contribution in [2.45, 2.75) is 13.0 Å². The first kappa shape index (κ1) is 25.0. The summed E-state index contributed by atoms with van der Waals surface area (Å²) in [7, 11) is 3.06. The fourth-order valence-electron chi connectivity index (χ4n) is 3.48. The topological polar surface area (TPSA) is 158 Å². The Labute approximate surface area is 200 Å². The van der Waals surface area contributed by atoms with Crippen molar-refractivity contribution in [3.63, 3.8) is 0 Å². The molecule has 2 aromatic carbocycles. The van der Waals surface area contributed by atoms with Crippen LogP contribution in [0, 0.1) is 10.1 Å². The Bertz CT molecular complexity index is 1180. The lowest BCUT2D eigenvalue weighted by Crippen LogP contribution is -2.47. The summed E-state index contributed by atoms with van der Waals surface area (Å²) in [5.74, 6) is -1.01. The van der Waals surface area contributed by atoms with Gasteiger partial charge >= 0.3 is 18.0 Å². The number of nitrogens with zero attached hydrogens (tertiary/aromatic N) is 1. The normalized spacial score (nSPS) is 14.9. The summed E-state index contributed by atoms with van der Waals surface area (Å²) < 4.78 is 15.7. The van der Waals surface area contributed by atoms with Crippen LogP contribution in [0.1, 0.15) is 28.9 Å². The van der Waals surface area contributed by atoms with Crippen LogP contribution in [-0.4, -0.2) is 50.3 Å². The highest BCUT2D eigenvalue weighted by molar-refractivity contribution is 5.97. The van der Waals surface area contributed by atoms with Gasteiger partial charge in [-0.1, -0.05) is 12.1 Å². The number of esters is 2. The average Bonchev–Trinajstić information content (AvgIpc) is 2.86. The number of urea groups is 1. The molecule has 0 aliphatic carbocycles. The van der Waals surface area contributed by atoms with Crippen LogP contribution in [0.3, 0.4) is 0 Å². The number of carbonyl (C=O) groups excluding carboxylic acids is 3. The molecule has 0 radical (unpaired) electrons. The summed E-state index contributed by atoms with van der Waals surface area (Å²) in [5.41, 5.74) is 0.591. The Morgan fingerprint density at radius 1 is 1.11 bits per heavy atom. The number of amides is 2. The Morgan fingerprint density at radius 3 is 2.43 bits per heavy atom. The van der Waals surface area contributed by atoms with Crippen LogP contribution in [0.4, 0.5) is 16.2 Å². The smallest absolute Gasteiger partial charge is 0.340 e. The third-order valence-electron chi connectivity index (χ3n) is 5.15. The van der Waals surface area contributed by atoms with Gasteiger partial charge < -0.3 is 30.2 Å². The zero-order chi connectivity index (χ0) is 25.5. The molecule has 1 aliphatic heterocycles. The summed E-state index contributed by atoms with van der Waals surface area (Å²) >= 11 is 0. The predicted octanol–water partition coefficient (Wildman–Crippen LogP) is 2.67. The zero-order valence-corrected chi connectivity index (χ0v) is 19.2. The largest absolute Gasteiger partial charge is 0.497 e. The van der Waals surface area contributed by atoms with Gasteiger partial charge in [0.2, 0.25) is 0 Å². The molecule has 0 aromatic heterocycles. The van der Waals surface area contributed by atoms with Gasteiger partial charge in [-0.05, 0) is 30.7 Å². The van der Waals surface area contributed by atoms with Gasteiger partial charge in [-0.25, -0.2) is 14.4 Å². The van der Waals surface area contributed by atoms with Crippen LogP contribution < -0.4 is 20.7 Å². The Hall–Kier alpha value is -4.61. The number of ether oxygens (including phenoxy) is 3. The summed E-state index contributed by atoms with van der Waals surface area (Å²) in [5, 5.41) is 19.1. The lowest BCUT2D eigenvalue weighted by atomic mass is 9.95. The Balaban J connectivity index is 1.95. The number of methoxy groups -OCH3 is 1. The van der Waals surface area contributed by atoms with E-state index >= 15 is 0 Å². The van der Waals surface area contributed by atoms with Crippen LogP contribution in [0.25, 0.3) is 0 Å². The summed E-state index contributed by atoms with van der Waals surface area (Å²) in [6, 6.07) is 8.92. The first-order valence-electron chi connectivity index (χ1n) is 10.5. The molecule has 0 saturated carbocycles. The molecule has 0 fully saturated rings. The van der Waals surface area contributed by atoms with Crippen LogP contribution in [0.5, 0.6) is 5.75 Å². The zero-order valence-electron chi connectivity index (χ0n) is 19.2. The number of hydrogen-bond acceptors (Lipinski definition) is 9. The molecule has 2 amide bonds. The third-order valence-corrected chi connectivity index (χ3v) is 5.15. The van der Waals surface area contributed by atoms with Crippen LogP contribution in [0.15, 0.2) is 53.7 Å². The SMILES string of the molecule is CCOC(=O)C1=C(COC(=O)c2cc([N+](=O)[O-])ccc2NC)NC(=O)NC1c1ccc(OC)cc1. The third kappa shape index (κ3) is 5.66. The number of hydrogen-bond donors (Lipinski definition) is 3. The maximum absolute atomic E-state index is 12.8. The minimum absolute atomic E-state index is 0.0257. The summed E-state index contributed by atoms with van der Waals surface area (Å²) in [4.78, 5) is 48.5. The van der Waals surface area contributed by atoms with Gasteiger partial charge in [-0.15, -0.1) is 0 Å². The molecule has 35 heavy (non-hydrogen) atoms. The van der Waals surface area contributed by atoms with E-state index in [1.807, 2.05) is 0 Å². The standard InChI is InChI=1S/C23H24N4O8/c1-4-34-22(29)19-18(25-23(30)26-20(19)13-5-8-15(33-3)9-6-13)12-35-21(28)16-11-14(27(31)32)7-10-17(16)24-2/h5-11,20,24H,4,12H2,1-3H3,(H2,25,26,30). The lowest BCUT2D eigenvalue weighted by Gasteiger charge is -2.29. The second-order valence-corrected chi connectivity index (χ2v) is 7.23. The molecule has 1 heterocycles. The summed E-state index contributed by atoms with van der Waals surface area (Å²) in [6.45, 7) is 1.23. The second-order valence-electron chi connectivity index (χ2n) is 7.23. The molecule has 12 heteroatoms. The number of carbonyl (C=O) groups is 3. The average molecular weight is 484 g/mol. The van der Waals surface area contributed by atoms with E-state index in [4.69, 9.17) is 14.2 Å². The van der Waals surface area contributed by atoms with Gasteiger partial charge in [-0.2, -0.15) is 0 Å². The van der Waals surface area contributed by atoms with Crippen LogP contribution >= 0.6 is 0 Å². The molecule has 184 valence electrons. The predicted molar refractivity (Wildman–Crippen MR) is 124 cm³/mol. The van der Waals surface area contributed by atoms with Crippen molar-refractivity contribution in [2.75, 3.05) is 32.7 Å². The molecule has 2 aromatic rings. The van der Waals surface area contributed by atoms with E-state index in [2.05, 4.69) is 16.0 Å². The highest BCUT2D eigenvalue weighted by atomic mass is 16.6.